The molecule has 0 fully saturated rings. The summed E-state index contributed by atoms with van der Waals surface area (Å²) in [6, 6.07) is 3.95. The van der Waals surface area contributed by atoms with E-state index in [2.05, 4.69) is 0 Å². The van der Waals surface area contributed by atoms with E-state index >= 15 is 0 Å². The van der Waals surface area contributed by atoms with E-state index in [-0.39, 0.29) is 5.78 Å². The van der Waals surface area contributed by atoms with Gasteiger partial charge in [0.2, 0.25) is 0 Å². The van der Waals surface area contributed by atoms with Crippen LogP contribution in [-0.2, 0) is 11.3 Å². The van der Waals surface area contributed by atoms with Crippen LogP contribution in [-0.4, -0.2) is 5.78 Å². The van der Waals surface area contributed by atoms with Crippen LogP contribution in [0, 0.1) is 0 Å². The first kappa shape index (κ1) is 7.56. The molecule has 1 aliphatic carbocycles. The van der Waals surface area contributed by atoms with Crippen molar-refractivity contribution in [2.75, 3.05) is 0 Å². The van der Waals surface area contributed by atoms with Crippen LogP contribution in [0.4, 0.5) is 0 Å². The van der Waals surface area contributed by atoms with Crippen LogP contribution >= 0.6 is 0 Å². The number of hydrogen-bond acceptors (Lipinski definition) is 2. The fraction of sp³-hybridized carbons (Fsp3) is 0.0833. The molecule has 14 heavy (non-hydrogen) atoms. The lowest BCUT2D eigenvalue weighted by molar-refractivity contribution is 0.104. The van der Waals surface area contributed by atoms with Gasteiger partial charge in [-0.2, -0.15) is 0 Å². The third-order valence-electron chi connectivity index (χ3n) is 2.59. The van der Waals surface area contributed by atoms with Gasteiger partial charge < -0.3 is 4.74 Å². The van der Waals surface area contributed by atoms with Crippen molar-refractivity contribution in [3.63, 3.8) is 0 Å². The molecule has 2 heteroatoms. The molecule has 2 nitrogen and oxygen atoms in total. The summed E-state index contributed by atoms with van der Waals surface area (Å²) < 4.78 is 5.21. The number of hydrogen-bond donors (Lipinski definition) is 0. The van der Waals surface area contributed by atoms with Gasteiger partial charge in [-0.25, -0.2) is 0 Å². The number of ketones is 1. The highest BCUT2D eigenvalue weighted by atomic mass is 16.5. The second kappa shape index (κ2) is 2.58. The van der Waals surface area contributed by atoms with E-state index in [0.29, 0.717) is 6.61 Å². The molecule has 0 unspecified atom stereocenters. The molecule has 2 aliphatic rings. The molecular weight excluding hydrogens is 176 g/mol. The van der Waals surface area contributed by atoms with Gasteiger partial charge in [-0.05, 0) is 11.3 Å². The average Bonchev–Trinajstić information content (AvgIpc) is 2.65. The summed E-state index contributed by atoms with van der Waals surface area (Å²) in [7, 11) is 0. The third kappa shape index (κ3) is 0.880. The molecule has 0 spiro atoms. The minimum Gasteiger partial charge on any atom is -0.496 e. The molecule has 0 saturated heterocycles. The number of fused-ring (bicyclic) bond motifs is 3. The summed E-state index contributed by atoms with van der Waals surface area (Å²) in [6.07, 6.45) is 7.05. The van der Waals surface area contributed by atoms with Crippen molar-refractivity contribution in [2.45, 2.75) is 6.61 Å². The maximum atomic E-state index is 11.7. The molecule has 1 aliphatic heterocycles. The Labute approximate surface area is 80.8 Å². The van der Waals surface area contributed by atoms with Gasteiger partial charge in [0.15, 0.2) is 5.78 Å². The van der Waals surface area contributed by atoms with Gasteiger partial charge in [-0.1, -0.05) is 24.3 Å². The van der Waals surface area contributed by atoms with Crippen LogP contribution in [0.25, 0.3) is 12.3 Å². The maximum absolute atomic E-state index is 11.7. The van der Waals surface area contributed by atoms with E-state index in [9.17, 15) is 4.79 Å². The van der Waals surface area contributed by atoms with E-state index in [1.165, 1.54) is 0 Å². The van der Waals surface area contributed by atoms with E-state index in [4.69, 9.17) is 4.74 Å². The van der Waals surface area contributed by atoms with Gasteiger partial charge in [0.1, 0.15) is 6.61 Å². The van der Waals surface area contributed by atoms with Gasteiger partial charge in [0.05, 0.1) is 6.26 Å². The third-order valence-corrected chi connectivity index (χ3v) is 2.59. The molecule has 1 aromatic rings. The Kier molecular flexibility index (Phi) is 1.39. The van der Waals surface area contributed by atoms with Gasteiger partial charge in [-0.15, -0.1) is 0 Å². The Morgan fingerprint density at radius 2 is 2.07 bits per heavy atom. The van der Waals surface area contributed by atoms with Gasteiger partial charge in [0, 0.05) is 16.3 Å². The highest BCUT2D eigenvalue weighted by molar-refractivity contribution is 6.07. The monoisotopic (exact) mass is 184 g/mol. The Bertz CT molecular complexity index is 565. The molecule has 1 heterocycles. The molecule has 0 amide bonds. The summed E-state index contributed by atoms with van der Waals surface area (Å²) in [5.41, 5.74) is 1.83. The predicted octanol–water partition coefficient (Wildman–Crippen LogP) is 0.488. The quantitative estimate of drug-likeness (QED) is 0.586. The van der Waals surface area contributed by atoms with Crippen molar-refractivity contribution < 1.29 is 9.53 Å². The van der Waals surface area contributed by atoms with Crippen LogP contribution in [0.2, 0.25) is 0 Å². The van der Waals surface area contributed by atoms with Gasteiger partial charge >= 0.3 is 0 Å². The summed E-state index contributed by atoms with van der Waals surface area (Å²) in [4.78, 5) is 11.7. The lowest BCUT2D eigenvalue weighted by Gasteiger charge is -2.06. The summed E-state index contributed by atoms with van der Waals surface area (Å²) >= 11 is 0. The largest absolute Gasteiger partial charge is 0.496 e. The number of allylic oxidation sites excluding steroid dienone is 2. The van der Waals surface area contributed by atoms with Crippen LogP contribution < -0.4 is 10.4 Å². The number of carbonyl (C=O) groups is 1. The molecule has 0 radical (unpaired) electrons. The minimum atomic E-state index is 0.0817. The topological polar surface area (TPSA) is 26.3 Å². The van der Waals surface area contributed by atoms with Crippen molar-refractivity contribution in [3.8, 4) is 0 Å². The van der Waals surface area contributed by atoms with Gasteiger partial charge in [-0.3, -0.25) is 4.79 Å². The highest BCUT2D eigenvalue weighted by Crippen LogP contribution is 2.10. The van der Waals surface area contributed by atoms with Crippen LogP contribution in [0.1, 0.15) is 15.9 Å². The molecular formula is C12H8O2. The fourth-order valence-corrected chi connectivity index (χ4v) is 1.92. The standard InChI is InChI=1S/C12H8O2/c13-11-3-1-2-8-4-5-9-6-14-7-10(9)12(8)11/h1-6H,7H2. The summed E-state index contributed by atoms with van der Waals surface area (Å²) in [6.45, 7) is 0.520. The van der Waals surface area contributed by atoms with E-state index in [0.717, 1.165) is 21.6 Å². The molecule has 0 saturated carbocycles. The Morgan fingerprint density at radius 1 is 1.21 bits per heavy atom. The smallest absolute Gasteiger partial charge is 0.186 e. The van der Waals surface area contributed by atoms with Crippen LogP contribution in [0.5, 0.6) is 0 Å². The average molecular weight is 184 g/mol. The first-order valence-electron chi connectivity index (χ1n) is 4.53. The molecule has 68 valence electrons. The Balaban J connectivity index is 2.47. The molecule has 1 aromatic carbocycles. The molecule has 0 aromatic heterocycles. The zero-order valence-electron chi connectivity index (χ0n) is 7.49. The van der Waals surface area contributed by atoms with Crippen molar-refractivity contribution in [3.05, 3.63) is 45.8 Å². The molecule has 0 N–H and O–H groups in total. The second-order valence-electron chi connectivity index (χ2n) is 3.42. The van der Waals surface area contributed by atoms with E-state index in [1.807, 2.05) is 18.2 Å². The maximum Gasteiger partial charge on any atom is 0.186 e. The number of benzene rings is 1. The Hall–Kier alpha value is -1.83. The minimum absolute atomic E-state index is 0.0817. The predicted molar refractivity (Wildman–Crippen MR) is 52.9 cm³/mol. The zero-order valence-corrected chi connectivity index (χ0v) is 7.49. The molecule has 0 bridgehead atoms. The molecule has 0 atom stereocenters. The lowest BCUT2D eigenvalue weighted by atomic mass is 9.97. The van der Waals surface area contributed by atoms with Crippen molar-refractivity contribution in [1.29, 1.82) is 0 Å². The van der Waals surface area contributed by atoms with Gasteiger partial charge in [0.25, 0.3) is 0 Å². The SMILES string of the molecule is O=C1C=CC=c2ccc3c(c21)COC=3. The highest BCUT2D eigenvalue weighted by Gasteiger charge is 2.16. The molecule has 3 rings (SSSR count). The van der Waals surface area contributed by atoms with E-state index < -0.39 is 0 Å². The van der Waals surface area contributed by atoms with Crippen molar-refractivity contribution in [1.82, 2.24) is 0 Å². The first-order chi connectivity index (χ1) is 6.86. The fourth-order valence-electron chi connectivity index (χ4n) is 1.92. The number of carbonyl (C=O) groups excluding carboxylic acids is 1. The second-order valence-corrected chi connectivity index (χ2v) is 3.42. The van der Waals surface area contributed by atoms with Crippen LogP contribution in [0.15, 0.2) is 24.3 Å². The van der Waals surface area contributed by atoms with E-state index in [1.54, 1.807) is 18.4 Å². The number of ether oxygens (including phenoxy) is 1. The van der Waals surface area contributed by atoms with Crippen molar-refractivity contribution in [2.24, 2.45) is 0 Å². The van der Waals surface area contributed by atoms with Crippen LogP contribution in [0.3, 0.4) is 0 Å². The summed E-state index contributed by atoms with van der Waals surface area (Å²) in [5, 5.41) is 2.02. The first-order valence-corrected chi connectivity index (χ1v) is 4.53. The lowest BCUT2D eigenvalue weighted by Crippen LogP contribution is -2.24. The van der Waals surface area contributed by atoms with Crippen molar-refractivity contribution >= 4 is 18.1 Å². The normalized spacial score (nSPS) is 16.4. The zero-order chi connectivity index (χ0) is 9.54. The summed E-state index contributed by atoms with van der Waals surface area (Å²) in [5.74, 6) is 0.0817. The number of rotatable bonds is 0. The Morgan fingerprint density at radius 3 is 3.00 bits per heavy atom.